The lowest BCUT2D eigenvalue weighted by molar-refractivity contribution is -0.132. The fourth-order valence-electron chi connectivity index (χ4n) is 3.15. The second-order valence-electron chi connectivity index (χ2n) is 6.32. The summed E-state index contributed by atoms with van der Waals surface area (Å²) in [6.45, 7) is 0.845. The van der Waals surface area contributed by atoms with Crippen molar-refractivity contribution in [1.29, 1.82) is 5.26 Å². The van der Waals surface area contributed by atoms with Crippen molar-refractivity contribution in [2.45, 2.75) is 36.0 Å². The quantitative estimate of drug-likeness (QED) is 0.789. The van der Waals surface area contributed by atoms with E-state index < -0.39 is 28.3 Å². The maximum atomic E-state index is 13.2. The van der Waals surface area contributed by atoms with Crippen molar-refractivity contribution in [1.82, 2.24) is 14.9 Å². The molecule has 3 rings (SSSR count). The molecule has 0 spiro atoms. The average molecular weight is 366 g/mol. The van der Waals surface area contributed by atoms with Gasteiger partial charge in [0.1, 0.15) is 6.17 Å². The summed E-state index contributed by atoms with van der Waals surface area (Å²) < 4.78 is 40.6. The van der Waals surface area contributed by atoms with Crippen LogP contribution in [0, 0.1) is 11.3 Å². The molecular formula is C16H19FN4O3S. The van der Waals surface area contributed by atoms with E-state index in [1.807, 2.05) is 6.07 Å². The van der Waals surface area contributed by atoms with Gasteiger partial charge in [0, 0.05) is 19.1 Å². The minimum Gasteiger partial charge on any atom is -0.338 e. The number of sulfonamides is 1. The zero-order chi connectivity index (χ0) is 18.0. The van der Waals surface area contributed by atoms with Crippen LogP contribution in [-0.4, -0.2) is 57.1 Å². The molecule has 0 aliphatic carbocycles. The normalized spacial score (nSPS) is 26.6. The molecule has 2 saturated heterocycles. The molecule has 2 aliphatic rings. The van der Waals surface area contributed by atoms with E-state index in [0.29, 0.717) is 31.5 Å². The van der Waals surface area contributed by atoms with E-state index in [1.165, 1.54) is 29.2 Å². The van der Waals surface area contributed by atoms with Gasteiger partial charge in [-0.05, 0) is 37.1 Å². The number of carbonyl (C=O) groups excluding carboxylic acids is 1. The first-order valence-electron chi connectivity index (χ1n) is 8.08. The lowest BCUT2D eigenvalue weighted by atomic mass is 10.1. The minimum atomic E-state index is -3.73. The molecule has 2 heterocycles. The average Bonchev–Trinajstić information content (AvgIpc) is 3.23. The molecule has 1 aromatic carbocycles. The van der Waals surface area contributed by atoms with Gasteiger partial charge in [0.25, 0.3) is 0 Å². The van der Waals surface area contributed by atoms with Crippen molar-refractivity contribution >= 4 is 15.9 Å². The van der Waals surface area contributed by atoms with Crippen molar-refractivity contribution in [3.8, 4) is 6.07 Å². The molecule has 3 atom stereocenters. The summed E-state index contributed by atoms with van der Waals surface area (Å²) >= 11 is 0. The summed E-state index contributed by atoms with van der Waals surface area (Å²) in [6.07, 6.45) is -0.300. The summed E-state index contributed by atoms with van der Waals surface area (Å²) in [4.78, 5) is 13.9. The number of benzene rings is 1. The zero-order valence-corrected chi connectivity index (χ0v) is 14.3. The molecule has 1 amide bonds. The maximum Gasteiger partial charge on any atom is 0.240 e. The number of carbonyl (C=O) groups is 1. The number of nitrogens with zero attached hydrogens (tertiary/aromatic N) is 2. The standard InChI is InChI=1S/C16H19FN4O3S/c17-12-5-6-21(10-12)16(22)15-7-13(9-19-15)20-25(23,24)14-3-1-11(8-18)2-4-14/h1-4,12-13,15,19-20H,5-7,9-10H2/t12?,13-,15-/m0/s1. The van der Waals surface area contributed by atoms with Gasteiger partial charge in [-0.1, -0.05) is 0 Å². The molecule has 0 radical (unpaired) electrons. The SMILES string of the molecule is N#Cc1ccc(S(=O)(=O)N[C@@H]2CN[C@H](C(=O)N3CCC(F)C3)C2)cc1. The molecule has 0 saturated carbocycles. The first kappa shape index (κ1) is 17.8. The monoisotopic (exact) mass is 366 g/mol. The van der Waals surface area contributed by atoms with Crippen LogP contribution in [0.2, 0.25) is 0 Å². The lowest BCUT2D eigenvalue weighted by Crippen LogP contribution is -2.42. The third-order valence-corrected chi connectivity index (χ3v) is 6.02. The lowest BCUT2D eigenvalue weighted by Gasteiger charge is -2.20. The Bertz CT molecular complexity index is 791. The van der Waals surface area contributed by atoms with Gasteiger partial charge in [0.2, 0.25) is 15.9 Å². The highest BCUT2D eigenvalue weighted by Crippen LogP contribution is 2.18. The van der Waals surface area contributed by atoms with Crippen LogP contribution >= 0.6 is 0 Å². The van der Waals surface area contributed by atoms with Crippen LogP contribution in [0.3, 0.4) is 0 Å². The van der Waals surface area contributed by atoms with Gasteiger partial charge in [-0.2, -0.15) is 5.26 Å². The van der Waals surface area contributed by atoms with E-state index in [4.69, 9.17) is 5.26 Å². The highest BCUT2D eigenvalue weighted by atomic mass is 32.2. The fourth-order valence-corrected chi connectivity index (χ4v) is 4.40. The summed E-state index contributed by atoms with van der Waals surface area (Å²) in [5.41, 5.74) is 0.379. The number of hydrogen-bond donors (Lipinski definition) is 2. The number of alkyl halides is 1. The Hall–Kier alpha value is -2.02. The van der Waals surface area contributed by atoms with Crippen molar-refractivity contribution in [2.75, 3.05) is 19.6 Å². The van der Waals surface area contributed by atoms with Gasteiger partial charge >= 0.3 is 0 Å². The van der Waals surface area contributed by atoms with E-state index in [2.05, 4.69) is 10.0 Å². The second kappa shape index (κ2) is 7.07. The van der Waals surface area contributed by atoms with Crippen LogP contribution in [-0.2, 0) is 14.8 Å². The molecule has 1 aromatic rings. The van der Waals surface area contributed by atoms with Crippen LogP contribution in [0.4, 0.5) is 4.39 Å². The largest absolute Gasteiger partial charge is 0.338 e. The Kier molecular flexibility index (Phi) is 5.03. The molecule has 7 nitrogen and oxygen atoms in total. The number of likely N-dealkylation sites (tertiary alicyclic amines) is 1. The molecule has 9 heteroatoms. The molecule has 0 aromatic heterocycles. The van der Waals surface area contributed by atoms with Crippen molar-refractivity contribution < 1.29 is 17.6 Å². The minimum absolute atomic E-state index is 0.0705. The van der Waals surface area contributed by atoms with E-state index >= 15 is 0 Å². The van der Waals surface area contributed by atoms with Gasteiger partial charge in [-0.15, -0.1) is 0 Å². The predicted molar refractivity (Wildman–Crippen MR) is 87.8 cm³/mol. The molecule has 2 aliphatic heterocycles. The first-order valence-corrected chi connectivity index (χ1v) is 9.56. The molecule has 2 fully saturated rings. The zero-order valence-electron chi connectivity index (χ0n) is 13.5. The van der Waals surface area contributed by atoms with Crippen LogP contribution in [0.5, 0.6) is 0 Å². The Balaban J connectivity index is 1.60. The number of nitrogens with one attached hydrogen (secondary N) is 2. The summed E-state index contributed by atoms with van der Waals surface area (Å²) in [5.74, 6) is -0.180. The van der Waals surface area contributed by atoms with E-state index in [-0.39, 0.29) is 17.3 Å². The van der Waals surface area contributed by atoms with Gasteiger partial charge in [-0.3, -0.25) is 4.79 Å². The van der Waals surface area contributed by atoms with Crippen LogP contribution in [0.15, 0.2) is 29.2 Å². The third-order valence-electron chi connectivity index (χ3n) is 4.49. The molecule has 25 heavy (non-hydrogen) atoms. The molecule has 1 unspecified atom stereocenters. The first-order chi connectivity index (χ1) is 11.9. The van der Waals surface area contributed by atoms with Gasteiger partial charge in [-0.25, -0.2) is 17.5 Å². The highest BCUT2D eigenvalue weighted by molar-refractivity contribution is 7.89. The molecule has 2 N–H and O–H groups in total. The number of nitriles is 1. The third kappa shape index (κ3) is 3.98. The smallest absolute Gasteiger partial charge is 0.240 e. The second-order valence-corrected chi connectivity index (χ2v) is 8.04. The van der Waals surface area contributed by atoms with Crippen molar-refractivity contribution in [3.05, 3.63) is 29.8 Å². The molecular weight excluding hydrogens is 347 g/mol. The van der Waals surface area contributed by atoms with Gasteiger partial charge in [0.15, 0.2) is 0 Å². The highest BCUT2D eigenvalue weighted by Gasteiger charge is 2.36. The number of rotatable bonds is 4. The number of halogens is 1. The number of hydrogen-bond acceptors (Lipinski definition) is 5. The van der Waals surface area contributed by atoms with Crippen LogP contribution in [0.25, 0.3) is 0 Å². The van der Waals surface area contributed by atoms with Crippen LogP contribution < -0.4 is 10.0 Å². The topological polar surface area (TPSA) is 102 Å². The maximum absolute atomic E-state index is 13.2. The number of amides is 1. The van der Waals surface area contributed by atoms with Crippen molar-refractivity contribution in [2.24, 2.45) is 0 Å². The van der Waals surface area contributed by atoms with E-state index in [9.17, 15) is 17.6 Å². The molecule has 0 bridgehead atoms. The van der Waals surface area contributed by atoms with Gasteiger partial charge in [0.05, 0.1) is 29.1 Å². The Labute approximate surface area is 145 Å². The summed E-state index contributed by atoms with van der Waals surface area (Å²) in [5, 5.41) is 11.8. The summed E-state index contributed by atoms with van der Waals surface area (Å²) in [7, 11) is -3.73. The Morgan fingerprint density at radius 1 is 1.36 bits per heavy atom. The summed E-state index contributed by atoms with van der Waals surface area (Å²) in [6, 6.07) is 6.64. The van der Waals surface area contributed by atoms with Crippen molar-refractivity contribution in [3.63, 3.8) is 0 Å². The Morgan fingerprint density at radius 2 is 2.08 bits per heavy atom. The van der Waals surface area contributed by atoms with E-state index in [0.717, 1.165) is 0 Å². The predicted octanol–water partition coefficient (Wildman–Crippen LogP) is 0.137. The molecule has 134 valence electrons. The van der Waals surface area contributed by atoms with E-state index in [1.54, 1.807) is 0 Å². The Morgan fingerprint density at radius 3 is 2.68 bits per heavy atom. The fraction of sp³-hybridized carbons (Fsp3) is 0.500. The van der Waals surface area contributed by atoms with Crippen LogP contribution in [0.1, 0.15) is 18.4 Å². The van der Waals surface area contributed by atoms with Gasteiger partial charge < -0.3 is 10.2 Å².